The van der Waals surface area contributed by atoms with Crippen molar-refractivity contribution in [2.24, 2.45) is 0 Å². The van der Waals surface area contributed by atoms with Gasteiger partial charge < -0.3 is 10.3 Å². The Morgan fingerprint density at radius 2 is 1.72 bits per heavy atom. The van der Waals surface area contributed by atoms with Gasteiger partial charge in [-0.3, -0.25) is 10.2 Å². The van der Waals surface area contributed by atoms with Crippen LogP contribution in [0.4, 0.5) is 10.5 Å². The number of hydrogen-bond acceptors (Lipinski definition) is 3. The van der Waals surface area contributed by atoms with E-state index in [0.29, 0.717) is 5.69 Å². The molecule has 0 saturated heterocycles. The standard InChI is InChI=1S/C18H18N4O2S/c1-12-17(14-9-5-6-10-15(14)19-12)25-11-16(23)21-22-18(24)20-13-7-3-2-4-8-13/h2-10,19H,11H2,1H3,(H,21,23)(H2,20,22,24). The largest absolute Gasteiger partial charge is 0.358 e. The van der Waals surface area contributed by atoms with Gasteiger partial charge in [0.15, 0.2) is 0 Å². The first-order chi connectivity index (χ1) is 12.1. The summed E-state index contributed by atoms with van der Waals surface area (Å²) in [6.07, 6.45) is 0. The second kappa shape index (κ2) is 7.76. The molecule has 0 radical (unpaired) electrons. The number of urea groups is 1. The maximum absolute atomic E-state index is 12.0. The van der Waals surface area contributed by atoms with Crippen LogP contribution in [0.25, 0.3) is 10.9 Å². The zero-order valence-corrected chi connectivity index (χ0v) is 14.4. The lowest BCUT2D eigenvalue weighted by Gasteiger charge is -2.09. The van der Waals surface area contributed by atoms with Crippen LogP contribution in [-0.2, 0) is 4.79 Å². The van der Waals surface area contributed by atoms with Crippen molar-refractivity contribution in [2.75, 3.05) is 11.1 Å². The number of para-hydroxylation sites is 2. The Hall–Kier alpha value is -2.93. The number of amides is 3. The van der Waals surface area contributed by atoms with Crippen LogP contribution >= 0.6 is 11.8 Å². The van der Waals surface area contributed by atoms with Crippen LogP contribution < -0.4 is 16.2 Å². The summed E-state index contributed by atoms with van der Waals surface area (Å²) in [4.78, 5) is 28.0. The normalized spacial score (nSPS) is 10.4. The monoisotopic (exact) mass is 354 g/mol. The average molecular weight is 354 g/mol. The zero-order chi connectivity index (χ0) is 17.6. The third-order valence-electron chi connectivity index (χ3n) is 3.53. The minimum absolute atomic E-state index is 0.203. The van der Waals surface area contributed by atoms with Crippen molar-refractivity contribution < 1.29 is 9.59 Å². The van der Waals surface area contributed by atoms with Crippen molar-refractivity contribution in [1.82, 2.24) is 15.8 Å². The van der Waals surface area contributed by atoms with Gasteiger partial charge in [-0.2, -0.15) is 0 Å². The first-order valence-corrected chi connectivity index (χ1v) is 8.73. The van der Waals surface area contributed by atoms with Gasteiger partial charge in [0.05, 0.1) is 5.75 Å². The lowest BCUT2D eigenvalue weighted by atomic mass is 10.2. The number of hydrazine groups is 1. The number of anilines is 1. The number of aromatic amines is 1. The van der Waals surface area contributed by atoms with Crippen LogP contribution in [0.2, 0.25) is 0 Å². The zero-order valence-electron chi connectivity index (χ0n) is 13.6. The van der Waals surface area contributed by atoms with E-state index in [-0.39, 0.29) is 11.7 Å². The molecular weight excluding hydrogens is 336 g/mol. The number of hydrogen-bond donors (Lipinski definition) is 4. The molecular formula is C18H18N4O2S. The summed E-state index contributed by atoms with van der Waals surface area (Å²) in [5, 5.41) is 3.71. The lowest BCUT2D eigenvalue weighted by Crippen LogP contribution is -2.44. The average Bonchev–Trinajstić information content (AvgIpc) is 2.94. The molecule has 0 aliphatic rings. The van der Waals surface area contributed by atoms with Crippen LogP contribution in [0, 0.1) is 6.92 Å². The molecule has 3 aromatic rings. The van der Waals surface area contributed by atoms with Crippen molar-refractivity contribution in [3.63, 3.8) is 0 Å². The third-order valence-corrected chi connectivity index (χ3v) is 4.75. The van der Waals surface area contributed by atoms with Gasteiger partial charge in [-0.05, 0) is 25.1 Å². The minimum atomic E-state index is -0.493. The Bertz CT molecular complexity index is 892. The van der Waals surface area contributed by atoms with Gasteiger partial charge in [-0.1, -0.05) is 36.4 Å². The Morgan fingerprint density at radius 1 is 1.00 bits per heavy atom. The van der Waals surface area contributed by atoms with Crippen LogP contribution in [0.1, 0.15) is 5.69 Å². The first kappa shape index (κ1) is 16.9. The second-order valence-electron chi connectivity index (χ2n) is 5.41. The van der Waals surface area contributed by atoms with Crippen molar-refractivity contribution in [3.05, 3.63) is 60.3 Å². The van der Waals surface area contributed by atoms with E-state index in [1.165, 1.54) is 11.8 Å². The summed E-state index contributed by atoms with van der Waals surface area (Å²) in [7, 11) is 0. The molecule has 0 atom stereocenters. The minimum Gasteiger partial charge on any atom is -0.358 e. The fourth-order valence-electron chi connectivity index (χ4n) is 2.42. The molecule has 0 spiro atoms. The number of rotatable bonds is 4. The van der Waals surface area contributed by atoms with E-state index in [4.69, 9.17) is 0 Å². The molecule has 1 aromatic heterocycles. The molecule has 6 nitrogen and oxygen atoms in total. The van der Waals surface area contributed by atoms with E-state index in [1.807, 2.05) is 49.4 Å². The predicted octanol–water partition coefficient (Wildman–Crippen LogP) is 3.42. The molecule has 0 aliphatic carbocycles. The predicted molar refractivity (Wildman–Crippen MR) is 100 cm³/mol. The third kappa shape index (κ3) is 4.33. The highest BCUT2D eigenvalue weighted by molar-refractivity contribution is 8.00. The molecule has 7 heteroatoms. The van der Waals surface area contributed by atoms with Crippen molar-refractivity contribution in [3.8, 4) is 0 Å². The molecule has 3 rings (SSSR count). The summed E-state index contributed by atoms with van der Waals surface area (Å²) in [6, 6.07) is 16.5. The molecule has 25 heavy (non-hydrogen) atoms. The van der Waals surface area contributed by atoms with E-state index < -0.39 is 6.03 Å². The molecule has 2 aromatic carbocycles. The van der Waals surface area contributed by atoms with Gasteiger partial charge in [0, 0.05) is 27.2 Å². The summed E-state index contributed by atoms with van der Waals surface area (Å²) in [6.45, 7) is 1.98. The fourth-order valence-corrected chi connectivity index (χ4v) is 3.37. The van der Waals surface area contributed by atoms with Gasteiger partial charge in [0.1, 0.15) is 0 Å². The van der Waals surface area contributed by atoms with Crippen molar-refractivity contribution in [2.45, 2.75) is 11.8 Å². The maximum Gasteiger partial charge on any atom is 0.337 e. The Balaban J connectivity index is 1.49. The van der Waals surface area contributed by atoms with Gasteiger partial charge >= 0.3 is 6.03 Å². The lowest BCUT2D eigenvalue weighted by molar-refractivity contribution is -0.119. The van der Waals surface area contributed by atoms with E-state index in [0.717, 1.165) is 21.5 Å². The number of aryl methyl sites for hydroxylation is 1. The summed E-state index contributed by atoms with van der Waals surface area (Å²) >= 11 is 1.43. The molecule has 3 amide bonds. The van der Waals surface area contributed by atoms with E-state index in [2.05, 4.69) is 21.2 Å². The smallest absolute Gasteiger partial charge is 0.337 e. The molecule has 4 N–H and O–H groups in total. The number of aromatic nitrogens is 1. The number of benzene rings is 2. The number of carbonyl (C=O) groups excluding carboxylic acids is 2. The number of H-pyrrole nitrogens is 1. The fraction of sp³-hybridized carbons (Fsp3) is 0.111. The molecule has 128 valence electrons. The van der Waals surface area contributed by atoms with Gasteiger partial charge in [-0.15, -0.1) is 11.8 Å². The topological polar surface area (TPSA) is 86.0 Å². The second-order valence-corrected chi connectivity index (χ2v) is 6.39. The number of fused-ring (bicyclic) bond motifs is 1. The molecule has 0 unspecified atom stereocenters. The number of thioether (sulfide) groups is 1. The van der Waals surface area contributed by atoms with E-state index in [9.17, 15) is 9.59 Å². The highest BCUT2D eigenvalue weighted by atomic mass is 32.2. The summed E-state index contributed by atoms with van der Waals surface area (Å²) in [5.74, 6) is -0.0770. The van der Waals surface area contributed by atoms with Crippen LogP contribution in [0.15, 0.2) is 59.5 Å². The van der Waals surface area contributed by atoms with Gasteiger partial charge in [0.2, 0.25) is 5.91 Å². The van der Waals surface area contributed by atoms with Crippen LogP contribution in [0.3, 0.4) is 0 Å². The van der Waals surface area contributed by atoms with Crippen molar-refractivity contribution in [1.29, 1.82) is 0 Å². The van der Waals surface area contributed by atoms with E-state index in [1.54, 1.807) is 12.1 Å². The Kier molecular flexibility index (Phi) is 5.25. The SMILES string of the molecule is Cc1[nH]c2ccccc2c1SCC(=O)NNC(=O)Nc1ccccc1. The first-order valence-electron chi connectivity index (χ1n) is 7.74. The highest BCUT2D eigenvalue weighted by Gasteiger charge is 2.11. The summed E-state index contributed by atoms with van der Waals surface area (Å²) in [5.41, 5.74) is 7.46. The molecule has 1 heterocycles. The summed E-state index contributed by atoms with van der Waals surface area (Å²) < 4.78 is 0. The van der Waals surface area contributed by atoms with E-state index >= 15 is 0 Å². The van der Waals surface area contributed by atoms with Crippen LogP contribution in [0.5, 0.6) is 0 Å². The van der Waals surface area contributed by atoms with Crippen molar-refractivity contribution >= 4 is 40.3 Å². The number of nitrogens with one attached hydrogen (secondary N) is 4. The van der Waals surface area contributed by atoms with Gasteiger partial charge in [-0.25, -0.2) is 10.2 Å². The quantitative estimate of drug-likeness (QED) is 0.428. The highest BCUT2D eigenvalue weighted by Crippen LogP contribution is 2.30. The molecule has 0 bridgehead atoms. The molecule has 0 aliphatic heterocycles. The number of carbonyl (C=O) groups is 2. The molecule has 0 saturated carbocycles. The Labute approximate surface area is 149 Å². The van der Waals surface area contributed by atoms with Gasteiger partial charge in [0.25, 0.3) is 0 Å². The molecule has 0 fully saturated rings. The van der Waals surface area contributed by atoms with Crippen LogP contribution in [-0.4, -0.2) is 22.7 Å². The Morgan fingerprint density at radius 3 is 2.52 bits per heavy atom. The maximum atomic E-state index is 12.0.